The van der Waals surface area contributed by atoms with Crippen molar-refractivity contribution >= 4 is 17.5 Å². The zero-order valence-electron chi connectivity index (χ0n) is 14.9. The summed E-state index contributed by atoms with van der Waals surface area (Å²) in [5, 5.41) is 15.2. The maximum absolute atomic E-state index is 12.4. The quantitative estimate of drug-likeness (QED) is 0.749. The second-order valence-electron chi connectivity index (χ2n) is 8.01. The Hall–Kier alpha value is -1.88. The van der Waals surface area contributed by atoms with E-state index in [0.29, 0.717) is 23.6 Å². The molecule has 1 aliphatic carbocycles. The minimum Gasteiger partial charge on any atom is -0.394 e. The van der Waals surface area contributed by atoms with E-state index in [1.54, 1.807) is 24.3 Å². The lowest BCUT2D eigenvalue weighted by Gasteiger charge is -2.25. The van der Waals surface area contributed by atoms with Crippen LogP contribution in [-0.4, -0.2) is 29.6 Å². The number of anilines is 1. The monoisotopic (exact) mass is 332 g/mol. The Bertz CT molecular complexity index is 607. The summed E-state index contributed by atoms with van der Waals surface area (Å²) < 4.78 is 0. The molecule has 1 aromatic carbocycles. The lowest BCUT2D eigenvalue weighted by Crippen LogP contribution is -2.40. The second-order valence-corrected chi connectivity index (χ2v) is 8.01. The molecule has 0 aliphatic heterocycles. The highest BCUT2D eigenvalue weighted by molar-refractivity contribution is 5.98. The number of amides is 2. The van der Waals surface area contributed by atoms with Gasteiger partial charge in [0.25, 0.3) is 5.91 Å². The third-order valence-electron chi connectivity index (χ3n) is 4.25. The van der Waals surface area contributed by atoms with Gasteiger partial charge in [-0.15, -0.1) is 0 Å². The Morgan fingerprint density at radius 2 is 2.00 bits per heavy atom. The molecule has 0 spiro atoms. The van der Waals surface area contributed by atoms with E-state index < -0.39 is 0 Å². The van der Waals surface area contributed by atoms with Gasteiger partial charge in [-0.05, 0) is 42.4 Å². The molecule has 5 nitrogen and oxygen atoms in total. The van der Waals surface area contributed by atoms with Crippen LogP contribution in [-0.2, 0) is 4.79 Å². The molecule has 3 unspecified atom stereocenters. The normalized spacial score (nSPS) is 21.0. The summed E-state index contributed by atoms with van der Waals surface area (Å²) in [6.07, 6.45) is 1.61. The molecule has 24 heavy (non-hydrogen) atoms. The van der Waals surface area contributed by atoms with Crippen LogP contribution in [0.3, 0.4) is 0 Å². The number of carbonyl (C=O) groups excluding carboxylic acids is 2. The Balaban J connectivity index is 1.99. The van der Waals surface area contributed by atoms with Crippen molar-refractivity contribution in [1.82, 2.24) is 5.32 Å². The molecule has 2 rings (SSSR count). The minimum absolute atomic E-state index is 0.0114. The van der Waals surface area contributed by atoms with Crippen LogP contribution < -0.4 is 10.6 Å². The second kappa shape index (κ2) is 7.34. The van der Waals surface area contributed by atoms with Gasteiger partial charge < -0.3 is 15.7 Å². The van der Waals surface area contributed by atoms with Gasteiger partial charge in [-0.1, -0.05) is 33.8 Å². The maximum Gasteiger partial charge on any atom is 0.251 e. The topological polar surface area (TPSA) is 78.4 Å². The van der Waals surface area contributed by atoms with Crippen LogP contribution in [0, 0.1) is 17.3 Å². The van der Waals surface area contributed by atoms with Gasteiger partial charge in [-0.3, -0.25) is 9.59 Å². The van der Waals surface area contributed by atoms with E-state index in [2.05, 4.69) is 38.3 Å². The van der Waals surface area contributed by atoms with Gasteiger partial charge in [-0.2, -0.15) is 0 Å². The van der Waals surface area contributed by atoms with Crippen molar-refractivity contribution in [2.24, 2.45) is 17.3 Å². The van der Waals surface area contributed by atoms with Crippen molar-refractivity contribution in [3.05, 3.63) is 29.8 Å². The molecule has 1 aliphatic rings. The SMILES string of the molecule is CC1CC1C(=O)Nc1cccc(C(=O)NC(CO)CC(C)(C)C)c1. The van der Waals surface area contributed by atoms with E-state index >= 15 is 0 Å². The number of carbonyl (C=O) groups is 2. The fourth-order valence-electron chi connectivity index (χ4n) is 2.83. The number of benzene rings is 1. The number of nitrogens with one attached hydrogen (secondary N) is 2. The predicted octanol–water partition coefficient (Wildman–Crippen LogP) is 2.81. The predicted molar refractivity (Wildman–Crippen MR) is 94.8 cm³/mol. The molecule has 0 heterocycles. The third kappa shape index (κ3) is 5.34. The van der Waals surface area contributed by atoms with Crippen LogP contribution in [0.4, 0.5) is 5.69 Å². The van der Waals surface area contributed by atoms with Crippen molar-refractivity contribution in [1.29, 1.82) is 0 Å². The fraction of sp³-hybridized carbons (Fsp3) is 0.579. The fourth-order valence-corrected chi connectivity index (χ4v) is 2.83. The van der Waals surface area contributed by atoms with Crippen LogP contribution in [0.5, 0.6) is 0 Å². The van der Waals surface area contributed by atoms with Gasteiger partial charge in [0, 0.05) is 17.2 Å². The summed E-state index contributed by atoms with van der Waals surface area (Å²) in [6.45, 7) is 8.15. The van der Waals surface area contributed by atoms with E-state index in [0.717, 1.165) is 6.42 Å². The van der Waals surface area contributed by atoms with Crippen molar-refractivity contribution in [2.75, 3.05) is 11.9 Å². The third-order valence-corrected chi connectivity index (χ3v) is 4.25. The van der Waals surface area contributed by atoms with Crippen LogP contribution in [0.25, 0.3) is 0 Å². The first kappa shape index (κ1) is 18.5. The largest absolute Gasteiger partial charge is 0.394 e. The van der Waals surface area contributed by atoms with Crippen molar-refractivity contribution in [3.8, 4) is 0 Å². The summed E-state index contributed by atoms with van der Waals surface area (Å²) in [5.41, 5.74) is 1.12. The summed E-state index contributed by atoms with van der Waals surface area (Å²) >= 11 is 0. The first-order valence-electron chi connectivity index (χ1n) is 8.52. The summed E-state index contributed by atoms with van der Waals surface area (Å²) in [7, 11) is 0. The molecule has 0 saturated heterocycles. The Kier molecular flexibility index (Phi) is 5.65. The molecule has 1 aromatic rings. The highest BCUT2D eigenvalue weighted by Gasteiger charge is 2.39. The van der Waals surface area contributed by atoms with Crippen LogP contribution in [0.2, 0.25) is 0 Å². The van der Waals surface area contributed by atoms with Crippen LogP contribution in [0.1, 0.15) is 50.9 Å². The van der Waals surface area contributed by atoms with Crippen LogP contribution in [0.15, 0.2) is 24.3 Å². The Labute approximate surface area is 143 Å². The molecule has 3 N–H and O–H groups in total. The van der Waals surface area contributed by atoms with Crippen LogP contribution >= 0.6 is 0 Å². The highest BCUT2D eigenvalue weighted by Crippen LogP contribution is 2.38. The number of rotatable bonds is 6. The molecule has 0 bridgehead atoms. The molecular weight excluding hydrogens is 304 g/mol. The maximum atomic E-state index is 12.4. The van der Waals surface area contributed by atoms with Gasteiger partial charge in [0.1, 0.15) is 0 Å². The van der Waals surface area contributed by atoms with E-state index in [1.807, 2.05) is 0 Å². The molecule has 0 radical (unpaired) electrons. The van der Waals surface area contributed by atoms with Gasteiger partial charge in [0.05, 0.1) is 12.6 Å². The van der Waals surface area contributed by atoms with E-state index in [9.17, 15) is 14.7 Å². The number of hydrogen-bond acceptors (Lipinski definition) is 3. The molecule has 3 atom stereocenters. The molecular formula is C19H28N2O3. The average molecular weight is 332 g/mol. The van der Waals surface area contributed by atoms with E-state index in [1.165, 1.54) is 0 Å². The molecule has 5 heteroatoms. The first-order valence-corrected chi connectivity index (χ1v) is 8.52. The first-order chi connectivity index (χ1) is 11.2. The number of aliphatic hydroxyl groups excluding tert-OH is 1. The lowest BCUT2D eigenvalue weighted by atomic mass is 9.88. The van der Waals surface area contributed by atoms with Crippen molar-refractivity contribution in [2.45, 2.75) is 46.6 Å². The highest BCUT2D eigenvalue weighted by atomic mass is 16.3. The van der Waals surface area contributed by atoms with E-state index in [4.69, 9.17) is 0 Å². The zero-order chi connectivity index (χ0) is 17.9. The van der Waals surface area contributed by atoms with Gasteiger partial charge in [0.15, 0.2) is 0 Å². The van der Waals surface area contributed by atoms with Crippen molar-refractivity contribution < 1.29 is 14.7 Å². The number of hydrogen-bond donors (Lipinski definition) is 3. The molecule has 1 saturated carbocycles. The summed E-state index contributed by atoms with van der Waals surface area (Å²) in [4.78, 5) is 24.4. The Morgan fingerprint density at radius 1 is 1.33 bits per heavy atom. The lowest BCUT2D eigenvalue weighted by molar-refractivity contribution is -0.117. The number of aliphatic hydroxyl groups is 1. The molecule has 2 amide bonds. The van der Waals surface area contributed by atoms with Gasteiger partial charge >= 0.3 is 0 Å². The zero-order valence-corrected chi connectivity index (χ0v) is 14.9. The van der Waals surface area contributed by atoms with Crippen molar-refractivity contribution in [3.63, 3.8) is 0 Å². The molecule has 132 valence electrons. The molecule has 0 aromatic heterocycles. The standard InChI is InChI=1S/C19H28N2O3/c1-12-8-16(12)18(24)20-14-7-5-6-13(9-14)17(23)21-15(11-22)10-19(2,3)4/h5-7,9,12,15-16,22H,8,10-11H2,1-4H3,(H,20,24)(H,21,23). The summed E-state index contributed by atoms with van der Waals surface area (Å²) in [6, 6.07) is 6.61. The smallest absolute Gasteiger partial charge is 0.251 e. The molecule has 1 fully saturated rings. The summed E-state index contributed by atoms with van der Waals surface area (Å²) in [5.74, 6) is 0.308. The minimum atomic E-state index is -0.289. The van der Waals surface area contributed by atoms with E-state index in [-0.39, 0.29) is 35.8 Å². The van der Waals surface area contributed by atoms with Gasteiger partial charge in [0.2, 0.25) is 5.91 Å². The Morgan fingerprint density at radius 3 is 2.54 bits per heavy atom. The van der Waals surface area contributed by atoms with Gasteiger partial charge in [-0.25, -0.2) is 0 Å². The average Bonchev–Trinajstić information content (AvgIpc) is 3.22.